The van der Waals surface area contributed by atoms with E-state index in [1.165, 1.54) is 0 Å². The highest BCUT2D eigenvalue weighted by Crippen LogP contribution is 2.14. The van der Waals surface area contributed by atoms with Gasteiger partial charge in [-0.2, -0.15) is 0 Å². The van der Waals surface area contributed by atoms with Crippen LogP contribution in [0.15, 0.2) is 114 Å². The second kappa shape index (κ2) is 26.3. The van der Waals surface area contributed by atoms with E-state index in [2.05, 4.69) is 14.7 Å². The first-order valence-corrected chi connectivity index (χ1v) is 17.3. The fourth-order valence-corrected chi connectivity index (χ4v) is 4.07. The number of hydrogen-bond acceptors (Lipinski definition) is 14. The van der Waals surface area contributed by atoms with E-state index in [1.807, 2.05) is 66.7 Å². The van der Waals surface area contributed by atoms with Crippen LogP contribution < -0.4 is 10.3 Å². The highest BCUT2D eigenvalue weighted by atomic mass is 16.6. The van der Waals surface area contributed by atoms with Crippen LogP contribution in [0.5, 0.6) is 5.75 Å². The number of aromatic amines is 1. The van der Waals surface area contributed by atoms with Gasteiger partial charge >= 0.3 is 23.9 Å². The molecule has 1 heterocycles. The number of benzene rings is 3. The maximum atomic E-state index is 11.7. The smallest absolute Gasteiger partial charge is 0.377 e. The van der Waals surface area contributed by atoms with Crippen LogP contribution >= 0.6 is 0 Å². The molecule has 0 bridgehead atoms. The zero-order valence-corrected chi connectivity index (χ0v) is 31.2. The molecule has 15 nitrogen and oxygen atoms in total. The SMILES string of the molecule is CCOC(=O)/C(O)=C(/OCc1ccccc1)C(=O)OCC.CCOC(=O)COCc1ccccc1.CCOC(=O)c1nc[nH]c(=O)c1OCc1ccccc1. The van der Waals surface area contributed by atoms with Crippen LogP contribution in [-0.2, 0) is 62.6 Å². The third-order valence-corrected chi connectivity index (χ3v) is 6.51. The summed E-state index contributed by atoms with van der Waals surface area (Å²) in [5.41, 5.74) is 2.07. The topological polar surface area (TPSA) is 199 Å². The summed E-state index contributed by atoms with van der Waals surface area (Å²) in [4.78, 5) is 63.8. The van der Waals surface area contributed by atoms with Gasteiger partial charge in [0.1, 0.15) is 19.8 Å². The predicted molar refractivity (Wildman–Crippen MR) is 198 cm³/mol. The van der Waals surface area contributed by atoms with Crippen molar-refractivity contribution in [3.63, 3.8) is 0 Å². The van der Waals surface area contributed by atoms with Crippen molar-refractivity contribution in [2.45, 2.75) is 47.5 Å². The largest absolute Gasteiger partial charge is 0.499 e. The third kappa shape index (κ3) is 17.3. The Labute approximate surface area is 318 Å². The third-order valence-electron chi connectivity index (χ3n) is 6.51. The standard InChI is InChI=1S/C15H18O6.C14H14N2O4.C11H14O3/c1-3-19-14(17)12(16)13(15(18)20-4-2)21-10-11-8-6-5-7-9-11;1-2-19-14(18)11-12(13(17)16-9-15-11)20-8-10-6-4-3-5-7-10;1-2-14-11(12)9-13-8-10-6-4-3-5-7-10/h5-9,16H,3-4,10H2,1-2H3;3-7,9H,2,8H2,1H3,(H,15,16,17);3-7H,2,8-9H2,1H3/b13-12-;;. The number of ether oxygens (including phenoxy) is 7. The van der Waals surface area contributed by atoms with Crippen LogP contribution in [0.3, 0.4) is 0 Å². The van der Waals surface area contributed by atoms with E-state index in [-0.39, 0.29) is 57.1 Å². The van der Waals surface area contributed by atoms with Crippen molar-refractivity contribution in [1.82, 2.24) is 9.97 Å². The molecule has 0 radical (unpaired) electrons. The highest BCUT2D eigenvalue weighted by Gasteiger charge is 2.25. The summed E-state index contributed by atoms with van der Waals surface area (Å²) >= 11 is 0. The fourth-order valence-electron chi connectivity index (χ4n) is 4.07. The van der Waals surface area contributed by atoms with Crippen molar-refractivity contribution in [1.29, 1.82) is 0 Å². The summed E-state index contributed by atoms with van der Waals surface area (Å²) < 4.78 is 34.7. The van der Waals surface area contributed by atoms with Crippen LogP contribution in [0, 0.1) is 0 Å². The molecule has 2 N–H and O–H groups in total. The Morgan fingerprint density at radius 3 is 1.64 bits per heavy atom. The number of esters is 4. The number of carbonyl (C=O) groups excluding carboxylic acids is 4. The molecule has 0 aliphatic rings. The van der Waals surface area contributed by atoms with E-state index in [4.69, 9.17) is 28.4 Å². The highest BCUT2D eigenvalue weighted by molar-refractivity contribution is 5.97. The molecule has 0 aliphatic carbocycles. The first-order chi connectivity index (χ1) is 26.6. The average molecular weight is 763 g/mol. The molecule has 0 amide bonds. The second-order valence-corrected chi connectivity index (χ2v) is 10.6. The van der Waals surface area contributed by atoms with Gasteiger partial charge in [0.05, 0.1) is 39.4 Å². The van der Waals surface area contributed by atoms with Gasteiger partial charge in [-0.1, -0.05) is 91.0 Å². The lowest BCUT2D eigenvalue weighted by Gasteiger charge is -2.11. The van der Waals surface area contributed by atoms with E-state index in [0.717, 1.165) is 23.0 Å². The van der Waals surface area contributed by atoms with Gasteiger partial charge < -0.3 is 43.2 Å². The van der Waals surface area contributed by atoms with Crippen molar-refractivity contribution in [3.05, 3.63) is 142 Å². The van der Waals surface area contributed by atoms with E-state index >= 15 is 0 Å². The molecule has 0 unspecified atom stereocenters. The van der Waals surface area contributed by atoms with Gasteiger partial charge in [-0.05, 0) is 44.4 Å². The molecular formula is C40H46N2O13. The molecule has 294 valence electrons. The number of hydrogen-bond donors (Lipinski definition) is 2. The molecule has 4 aromatic rings. The zero-order chi connectivity index (χ0) is 40.3. The Bertz CT molecular complexity index is 1830. The number of nitrogens with zero attached hydrogens (tertiary/aromatic N) is 1. The summed E-state index contributed by atoms with van der Waals surface area (Å²) in [5.74, 6) is -4.53. The normalized spacial score (nSPS) is 10.5. The van der Waals surface area contributed by atoms with Crippen molar-refractivity contribution in [3.8, 4) is 5.75 Å². The Morgan fingerprint density at radius 1 is 0.618 bits per heavy atom. The number of aliphatic hydroxyl groups excluding tert-OH is 1. The van der Waals surface area contributed by atoms with Gasteiger partial charge in [0.2, 0.25) is 5.75 Å². The second-order valence-electron chi connectivity index (χ2n) is 10.6. The molecule has 0 saturated carbocycles. The molecule has 55 heavy (non-hydrogen) atoms. The van der Waals surface area contributed by atoms with Gasteiger partial charge in [-0.3, -0.25) is 4.79 Å². The molecule has 0 fully saturated rings. The van der Waals surface area contributed by atoms with E-state index in [0.29, 0.717) is 13.2 Å². The Balaban J connectivity index is 0.000000291. The van der Waals surface area contributed by atoms with Gasteiger partial charge in [-0.25, -0.2) is 24.2 Å². The summed E-state index contributed by atoms with van der Waals surface area (Å²) in [6.45, 7) is 8.03. The lowest BCUT2D eigenvalue weighted by molar-refractivity contribution is -0.149. The average Bonchev–Trinajstić information content (AvgIpc) is 3.19. The lowest BCUT2D eigenvalue weighted by Crippen LogP contribution is -2.19. The van der Waals surface area contributed by atoms with Crippen molar-refractivity contribution >= 4 is 23.9 Å². The van der Waals surface area contributed by atoms with Crippen molar-refractivity contribution in [2.75, 3.05) is 33.0 Å². The monoisotopic (exact) mass is 762 g/mol. The predicted octanol–water partition coefficient (Wildman–Crippen LogP) is 5.39. The minimum atomic E-state index is -1.03. The maximum absolute atomic E-state index is 11.7. The summed E-state index contributed by atoms with van der Waals surface area (Å²) in [6.07, 6.45) is 1.14. The van der Waals surface area contributed by atoms with Crippen LogP contribution in [0.4, 0.5) is 0 Å². The quantitative estimate of drug-likeness (QED) is 0.0601. The number of carbonyl (C=O) groups is 4. The van der Waals surface area contributed by atoms with Crippen molar-refractivity contribution < 1.29 is 57.4 Å². The summed E-state index contributed by atoms with van der Waals surface area (Å²) in [6, 6.07) is 28.0. The Morgan fingerprint density at radius 2 is 1.11 bits per heavy atom. The summed E-state index contributed by atoms with van der Waals surface area (Å²) in [7, 11) is 0. The van der Waals surface area contributed by atoms with Gasteiger partial charge in [0.15, 0.2) is 5.69 Å². The van der Waals surface area contributed by atoms with Gasteiger partial charge in [-0.15, -0.1) is 0 Å². The zero-order valence-electron chi connectivity index (χ0n) is 31.2. The minimum absolute atomic E-state index is 0.0124. The van der Waals surface area contributed by atoms with Crippen molar-refractivity contribution in [2.24, 2.45) is 0 Å². The van der Waals surface area contributed by atoms with Gasteiger partial charge in [0.25, 0.3) is 17.1 Å². The van der Waals surface area contributed by atoms with Crippen LogP contribution in [0.1, 0.15) is 54.9 Å². The molecular weight excluding hydrogens is 716 g/mol. The molecule has 0 aliphatic heterocycles. The number of nitrogens with one attached hydrogen (secondary N) is 1. The van der Waals surface area contributed by atoms with Crippen LogP contribution in [-0.4, -0.2) is 72.0 Å². The Hall–Kier alpha value is -6.48. The minimum Gasteiger partial charge on any atom is -0.499 e. The van der Waals surface area contributed by atoms with Crippen LogP contribution in [0.25, 0.3) is 0 Å². The van der Waals surface area contributed by atoms with E-state index in [9.17, 15) is 29.1 Å². The number of H-pyrrole nitrogens is 1. The number of aromatic nitrogens is 2. The summed E-state index contributed by atoms with van der Waals surface area (Å²) in [5, 5.41) is 9.76. The molecule has 0 spiro atoms. The molecule has 0 saturated heterocycles. The van der Waals surface area contributed by atoms with Gasteiger partial charge in [0, 0.05) is 0 Å². The molecule has 0 atom stereocenters. The first-order valence-electron chi connectivity index (χ1n) is 17.3. The number of rotatable bonds is 17. The Kier molecular flexibility index (Phi) is 21.4. The fraction of sp³-hybridized carbons (Fsp3) is 0.300. The first kappa shape index (κ1) is 44.7. The maximum Gasteiger partial charge on any atom is 0.377 e. The van der Waals surface area contributed by atoms with E-state index in [1.54, 1.807) is 52.0 Å². The van der Waals surface area contributed by atoms with E-state index < -0.39 is 35.0 Å². The molecule has 4 rings (SSSR count). The molecule has 3 aromatic carbocycles. The molecule has 1 aromatic heterocycles. The lowest BCUT2D eigenvalue weighted by atomic mass is 10.2. The van der Waals surface area contributed by atoms with Crippen LogP contribution in [0.2, 0.25) is 0 Å². The number of aliphatic hydroxyl groups is 1. The molecule has 15 heteroatoms.